The first-order chi connectivity index (χ1) is 13.2. The minimum atomic E-state index is -0.485. The van der Waals surface area contributed by atoms with E-state index < -0.39 is 6.10 Å². The van der Waals surface area contributed by atoms with Gasteiger partial charge in [0, 0.05) is 34.0 Å². The van der Waals surface area contributed by atoms with Crippen LogP contribution in [0.2, 0.25) is 0 Å². The fourth-order valence-corrected chi connectivity index (χ4v) is 4.17. The van der Waals surface area contributed by atoms with Gasteiger partial charge in [0.15, 0.2) is 11.6 Å². The van der Waals surface area contributed by atoms with Crippen molar-refractivity contribution in [2.24, 2.45) is 0 Å². The summed E-state index contributed by atoms with van der Waals surface area (Å²) in [5, 5.41) is 12.7. The van der Waals surface area contributed by atoms with Gasteiger partial charge in [-0.15, -0.1) is 0 Å². The summed E-state index contributed by atoms with van der Waals surface area (Å²) in [6.45, 7) is 0. The highest BCUT2D eigenvalue weighted by Crippen LogP contribution is 2.40. The lowest BCUT2D eigenvalue weighted by Crippen LogP contribution is -2.01. The van der Waals surface area contributed by atoms with Gasteiger partial charge in [-0.1, -0.05) is 24.3 Å². The predicted molar refractivity (Wildman–Crippen MR) is 103 cm³/mol. The normalized spacial score (nSPS) is 16.2. The summed E-state index contributed by atoms with van der Waals surface area (Å²) in [5.41, 5.74) is 5.53. The lowest BCUT2D eigenvalue weighted by atomic mass is 10.0. The molecule has 0 radical (unpaired) electrons. The van der Waals surface area contributed by atoms with Gasteiger partial charge in [-0.3, -0.25) is 4.98 Å². The van der Waals surface area contributed by atoms with Gasteiger partial charge in [-0.2, -0.15) is 0 Å². The van der Waals surface area contributed by atoms with E-state index in [2.05, 4.69) is 11.1 Å². The van der Waals surface area contributed by atoms with Crippen LogP contribution < -0.4 is 4.74 Å². The monoisotopic (exact) mass is 362 g/mol. The molecule has 27 heavy (non-hydrogen) atoms. The maximum Gasteiger partial charge on any atom is 0.165 e. The average Bonchev–Trinajstić information content (AvgIpc) is 3.23. The van der Waals surface area contributed by atoms with Crippen molar-refractivity contribution < 1.29 is 14.2 Å². The lowest BCUT2D eigenvalue weighted by Gasteiger charge is -2.11. The third kappa shape index (κ3) is 2.50. The van der Waals surface area contributed by atoms with Crippen LogP contribution in [0.1, 0.15) is 35.0 Å². The number of halogens is 1. The number of H-pyrrole nitrogens is 1. The van der Waals surface area contributed by atoms with Crippen molar-refractivity contribution in [2.45, 2.75) is 25.4 Å². The number of pyridine rings is 1. The first-order valence-corrected chi connectivity index (χ1v) is 9.08. The fraction of sp³-hybridized carbons (Fsp3) is 0.227. The molecule has 5 heteroatoms. The average molecular weight is 362 g/mol. The predicted octanol–water partition coefficient (Wildman–Crippen LogP) is 4.43. The number of aromatic amines is 1. The molecule has 4 aromatic rings. The number of aliphatic hydroxyl groups is 1. The van der Waals surface area contributed by atoms with E-state index in [4.69, 9.17) is 9.72 Å². The minimum absolute atomic E-state index is 0.236. The Morgan fingerprint density at radius 2 is 2.11 bits per heavy atom. The summed E-state index contributed by atoms with van der Waals surface area (Å²) in [5.74, 6) is -0.140. The molecule has 0 amide bonds. The second-order valence-electron chi connectivity index (χ2n) is 7.04. The Kier molecular flexibility index (Phi) is 3.65. The van der Waals surface area contributed by atoms with Gasteiger partial charge >= 0.3 is 0 Å². The van der Waals surface area contributed by atoms with Crippen LogP contribution in [0.3, 0.4) is 0 Å². The van der Waals surface area contributed by atoms with E-state index in [0.29, 0.717) is 12.8 Å². The summed E-state index contributed by atoms with van der Waals surface area (Å²) in [4.78, 5) is 8.31. The molecule has 2 aromatic heterocycles. The third-order valence-corrected chi connectivity index (χ3v) is 5.42. The van der Waals surface area contributed by atoms with E-state index in [0.717, 1.165) is 50.7 Å². The molecule has 0 aliphatic heterocycles. The van der Waals surface area contributed by atoms with Crippen molar-refractivity contribution in [2.75, 3.05) is 7.11 Å². The van der Waals surface area contributed by atoms with Gasteiger partial charge in [-0.05, 0) is 36.6 Å². The number of aryl methyl sites for hydroxylation is 1. The molecule has 1 aliphatic carbocycles. The summed E-state index contributed by atoms with van der Waals surface area (Å²) in [6.07, 6.45) is 1.47. The number of hydrogen-bond acceptors (Lipinski definition) is 3. The third-order valence-electron chi connectivity index (χ3n) is 5.42. The van der Waals surface area contributed by atoms with E-state index >= 15 is 0 Å². The molecule has 0 spiro atoms. The van der Waals surface area contributed by atoms with E-state index in [1.165, 1.54) is 13.2 Å². The lowest BCUT2D eigenvalue weighted by molar-refractivity contribution is 0.181. The zero-order valence-corrected chi connectivity index (χ0v) is 14.9. The minimum Gasteiger partial charge on any atom is -0.494 e. The second kappa shape index (κ2) is 6.06. The molecule has 1 aliphatic rings. The zero-order valence-electron chi connectivity index (χ0n) is 14.9. The largest absolute Gasteiger partial charge is 0.494 e. The number of nitrogens with zero attached hydrogens (tertiary/aromatic N) is 1. The zero-order chi connectivity index (χ0) is 18.5. The number of methoxy groups -OCH3 is 1. The van der Waals surface area contributed by atoms with Crippen LogP contribution in [0.4, 0.5) is 4.39 Å². The quantitative estimate of drug-likeness (QED) is 0.567. The van der Waals surface area contributed by atoms with Crippen molar-refractivity contribution in [1.29, 1.82) is 0 Å². The molecular weight excluding hydrogens is 343 g/mol. The SMILES string of the molecule is COc1ccc(Cc2nc3c(c4c2[nH]c2ccccc24)C(O)CC3)cc1F. The standard InChI is InChI=1S/C22H19FN2O2/c1-27-19-9-6-12(10-14(19)23)11-17-22-20(13-4-2-3-5-15(13)25-22)21-16(24-17)7-8-18(21)26/h2-6,9-10,18,25-26H,7-8,11H2,1H3. The Morgan fingerprint density at radius 3 is 2.93 bits per heavy atom. The molecule has 0 saturated heterocycles. The fourth-order valence-electron chi connectivity index (χ4n) is 4.17. The number of aliphatic hydroxyl groups excluding tert-OH is 1. The van der Waals surface area contributed by atoms with Gasteiger partial charge < -0.3 is 14.8 Å². The highest BCUT2D eigenvalue weighted by Gasteiger charge is 2.28. The molecular formula is C22H19FN2O2. The molecule has 5 rings (SSSR count). The maximum atomic E-state index is 14.1. The maximum absolute atomic E-state index is 14.1. The van der Waals surface area contributed by atoms with Crippen LogP contribution in [0, 0.1) is 5.82 Å². The van der Waals surface area contributed by atoms with Crippen LogP contribution in [0.15, 0.2) is 42.5 Å². The van der Waals surface area contributed by atoms with Crippen LogP contribution in [0.25, 0.3) is 21.8 Å². The highest BCUT2D eigenvalue weighted by molar-refractivity contribution is 6.10. The summed E-state index contributed by atoms with van der Waals surface area (Å²) < 4.78 is 19.1. The Balaban J connectivity index is 1.72. The van der Waals surface area contributed by atoms with Crippen LogP contribution in [0.5, 0.6) is 5.75 Å². The van der Waals surface area contributed by atoms with Crippen LogP contribution >= 0.6 is 0 Å². The summed E-state index contributed by atoms with van der Waals surface area (Å²) >= 11 is 0. The van der Waals surface area contributed by atoms with Crippen molar-refractivity contribution in [3.05, 3.63) is 70.8 Å². The molecule has 0 fully saturated rings. The smallest absolute Gasteiger partial charge is 0.165 e. The number of fused-ring (bicyclic) bond motifs is 5. The summed E-state index contributed by atoms with van der Waals surface area (Å²) in [7, 11) is 1.46. The highest BCUT2D eigenvalue weighted by atomic mass is 19.1. The summed E-state index contributed by atoms with van der Waals surface area (Å²) in [6, 6.07) is 13.1. The number of ether oxygens (including phenoxy) is 1. The van der Waals surface area contributed by atoms with E-state index in [-0.39, 0.29) is 11.6 Å². The Labute approximate surface area is 155 Å². The molecule has 1 atom stereocenters. The molecule has 4 nitrogen and oxygen atoms in total. The molecule has 2 aromatic carbocycles. The van der Waals surface area contributed by atoms with E-state index in [1.807, 2.05) is 24.3 Å². The molecule has 0 bridgehead atoms. The number of hydrogen-bond donors (Lipinski definition) is 2. The number of nitrogens with one attached hydrogen (secondary N) is 1. The molecule has 2 heterocycles. The topological polar surface area (TPSA) is 58.1 Å². The number of aromatic nitrogens is 2. The van der Waals surface area contributed by atoms with Crippen molar-refractivity contribution in [1.82, 2.24) is 9.97 Å². The van der Waals surface area contributed by atoms with Crippen molar-refractivity contribution in [3.63, 3.8) is 0 Å². The van der Waals surface area contributed by atoms with E-state index in [1.54, 1.807) is 6.07 Å². The van der Waals surface area contributed by atoms with Gasteiger partial charge in [-0.25, -0.2) is 4.39 Å². The van der Waals surface area contributed by atoms with Crippen LogP contribution in [-0.2, 0) is 12.8 Å². The van der Waals surface area contributed by atoms with Crippen LogP contribution in [-0.4, -0.2) is 22.2 Å². The second-order valence-corrected chi connectivity index (χ2v) is 7.04. The molecule has 136 valence electrons. The number of rotatable bonds is 3. The Hall–Kier alpha value is -2.92. The van der Waals surface area contributed by atoms with Crippen molar-refractivity contribution >= 4 is 21.8 Å². The molecule has 0 saturated carbocycles. The number of para-hydroxylation sites is 1. The van der Waals surface area contributed by atoms with Gasteiger partial charge in [0.05, 0.1) is 24.4 Å². The Bertz CT molecular complexity index is 1180. The first kappa shape index (κ1) is 16.3. The molecule has 2 N–H and O–H groups in total. The van der Waals surface area contributed by atoms with E-state index in [9.17, 15) is 9.50 Å². The van der Waals surface area contributed by atoms with Gasteiger partial charge in [0.25, 0.3) is 0 Å². The van der Waals surface area contributed by atoms with Gasteiger partial charge in [0.2, 0.25) is 0 Å². The first-order valence-electron chi connectivity index (χ1n) is 9.08. The van der Waals surface area contributed by atoms with Gasteiger partial charge in [0.1, 0.15) is 0 Å². The Morgan fingerprint density at radius 1 is 1.26 bits per heavy atom. The van der Waals surface area contributed by atoms with Crippen molar-refractivity contribution in [3.8, 4) is 5.75 Å². The number of benzene rings is 2. The molecule has 1 unspecified atom stereocenters.